The van der Waals surface area contributed by atoms with Crippen molar-refractivity contribution in [2.24, 2.45) is 0 Å². The number of ether oxygens (including phenoxy) is 1. The van der Waals surface area contributed by atoms with E-state index in [9.17, 15) is 4.79 Å². The number of anilines is 1. The third-order valence-corrected chi connectivity index (χ3v) is 6.09. The Balaban J connectivity index is 2.13. The standard InChI is InChI=1S/C22H30N2O2S2/c1-8-17-14(3)28-19(18(17)20(25)26-7)24-21(27)23-13(2)15-9-11-16(12-10-15)22(4,5)6/h9-13H,8H2,1-7H3,(H2,23,24,27). The molecule has 2 aromatic rings. The van der Waals surface area contributed by atoms with E-state index < -0.39 is 0 Å². The summed E-state index contributed by atoms with van der Waals surface area (Å²) >= 11 is 7.03. The molecule has 0 bridgehead atoms. The van der Waals surface area contributed by atoms with Gasteiger partial charge in [0.15, 0.2) is 5.11 Å². The van der Waals surface area contributed by atoms with Gasteiger partial charge >= 0.3 is 5.97 Å². The second kappa shape index (κ2) is 9.05. The van der Waals surface area contributed by atoms with Gasteiger partial charge in [0.05, 0.1) is 18.7 Å². The predicted molar refractivity (Wildman–Crippen MR) is 123 cm³/mol. The maximum absolute atomic E-state index is 12.2. The zero-order valence-corrected chi connectivity index (χ0v) is 19.4. The molecule has 0 amide bonds. The summed E-state index contributed by atoms with van der Waals surface area (Å²) in [6.45, 7) is 12.7. The number of aryl methyl sites for hydroxylation is 1. The summed E-state index contributed by atoms with van der Waals surface area (Å²) in [6, 6.07) is 8.63. The van der Waals surface area contributed by atoms with Crippen molar-refractivity contribution in [3.8, 4) is 0 Å². The van der Waals surface area contributed by atoms with Crippen molar-refractivity contribution in [3.63, 3.8) is 0 Å². The van der Waals surface area contributed by atoms with Crippen LogP contribution in [0.1, 0.15) is 72.6 Å². The minimum absolute atomic E-state index is 0.0438. The van der Waals surface area contributed by atoms with Gasteiger partial charge in [-0.25, -0.2) is 4.79 Å². The number of carbonyl (C=O) groups is 1. The third kappa shape index (κ3) is 5.11. The monoisotopic (exact) mass is 418 g/mol. The first kappa shape index (κ1) is 22.4. The first-order valence-corrected chi connectivity index (χ1v) is 10.7. The fourth-order valence-electron chi connectivity index (χ4n) is 3.10. The van der Waals surface area contributed by atoms with Crippen LogP contribution in [0.3, 0.4) is 0 Å². The Bertz CT molecular complexity index is 849. The van der Waals surface area contributed by atoms with Gasteiger partial charge in [0.2, 0.25) is 0 Å². The van der Waals surface area contributed by atoms with Gasteiger partial charge in [0, 0.05) is 4.88 Å². The topological polar surface area (TPSA) is 50.4 Å². The molecule has 1 unspecified atom stereocenters. The zero-order valence-electron chi connectivity index (χ0n) is 17.7. The van der Waals surface area contributed by atoms with Crippen LogP contribution < -0.4 is 10.6 Å². The van der Waals surface area contributed by atoms with Crippen molar-refractivity contribution in [2.45, 2.75) is 59.4 Å². The zero-order chi connectivity index (χ0) is 21.1. The van der Waals surface area contributed by atoms with Crippen molar-refractivity contribution in [3.05, 3.63) is 51.4 Å². The van der Waals surface area contributed by atoms with Gasteiger partial charge in [-0.15, -0.1) is 11.3 Å². The molecule has 1 aromatic carbocycles. The number of nitrogens with one attached hydrogen (secondary N) is 2. The van der Waals surface area contributed by atoms with Crippen molar-refractivity contribution < 1.29 is 9.53 Å². The lowest BCUT2D eigenvalue weighted by atomic mass is 9.86. The minimum atomic E-state index is -0.336. The smallest absolute Gasteiger partial charge is 0.341 e. The molecule has 0 aliphatic rings. The largest absolute Gasteiger partial charge is 0.465 e. The van der Waals surface area contributed by atoms with Crippen LogP contribution in [0.2, 0.25) is 0 Å². The Morgan fingerprint density at radius 2 is 1.86 bits per heavy atom. The van der Waals surface area contributed by atoms with E-state index in [1.807, 2.05) is 13.8 Å². The van der Waals surface area contributed by atoms with Gasteiger partial charge in [0.25, 0.3) is 0 Å². The molecule has 4 nitrogen and oxygen atoms in total. The van der Waals surface area contributed by atoms with E-state index in [-0.39, 0.29) is 17.4 Å². The van der Waals surface area contributed by atoms with Crippen LogP contribution in [0.4, 0.5) is 5.00 Å². The molecule has 1 atom stereocenters. The van der Waals surface area contributed by atoms with E-state index in [0.29, 0.717) is 10.7 Å². The molecule has 1 aromatic heterocycles. The molecule has 0 aliphatic carbocycles. The molecule has 0 saturated heterocycles. The number of thiophene rings is 1. The molecule has 2 N–H and O–H groups in total. The van der Waals surface area contributed by atoms with Crippen molar-refractivity contribution in [2.75, 3.05) is 12.4 Å². The fourth-order valence-corrected chi connectivity index (χ4v) is 4.58. The molecule has 2 rings (SSSR count). The lowest BCUT2D eigenvalue weighted by Gasteiger charge is -2.21. The quantitative estimate of drug-likeness (QED) is 0.478. The summed E-state index contributed by atoms with van der Waals surface area (Å²) in [5.74, 6) is -0.336. The Morgan fingerprint density at radius 3 is 2.36 bits per heavy atom. The molecular formula is C22H30N2O2S2. The Kier molecular flexibility index (Phi) is 7.23. The molecule has 152 valence electrons. The van der Waals surface area contributed by atoms with Gasteiger partial charge in [0.1, 0.15) is 5.00 Å². The summed E-state index contributed by atoms with van der Waals surface area (Å²) in [5.41, 5.74) is 4.17. The lowest BCUT2D eigenvalue weighted by molar-refractivity contribution is 0.0601. The van der Waals surface area contributed by atoms with Gasteiger partial charge in [-0.3, -0.25) is 0 Å². The molecule has 0 radical (unpaired) electrons. The average Bonchev–Trinajstić information content (AvgIpc) is 2.95. The highest BCUT2D eigenvalue weighted by molar-refractivity contribution is 7.80. The molecule has 0 spiro atoms. The van der Waals surface area contributed by atoms with E-state index in [1.54, 1.807) is 0 Å². The highest BCUT2D eigenvalue weighted by atomic mass is 32.1. The van der Waals surface area contributed by atoms with E-state index in [2.05, 4.69) is 62.6 Å². The second-order valence-electron chi connectivity index (χ2n) is 7.88. The van der Waals surface area contributed by atoms with Crippen molar-refractivity contribution in [1.82, 2.24) is 5.32 Å². The van der Waals surface area contributed by atoms with Crippen LogP contribution in [0.5, 0.6) is 0 Å². The van der Waals surface area contributed by atoms with Gasteiger partial charge in [-0.05, 0) is 54.6 Å². The van der Waals surface area contributed by atoms with Gasteiger partial charge in [-0.1, -0.05) is 52.0 Å². The number of rotatable bonds is 5. The molecule has 0 saturated carbocycles. The maximum Gasteiger partial charge on any atom is 0.341 e. The summed E-state index contributed by atoms with van der Waals surface area (Å²) in [7, 11) is 1.40. The predicted octanol–water partition coefficient (Wildman–Crippen LogP) is 5.75. The number of hydrogen-bond acceptors (Lipinski definition) is 4. The molecular weight excluding hydrogens is 388 g/mol. The number of hydrogen-bond donors (Lipinski definition) is 2. The van der Waals surface area contributed by atoms with Crippen LogP contribution in [0.15, 0.2) is 24.3 Å². The second-order valence-corrected chi connectivity index (χ2v) is 9.51. The molecule has 28 heavy (non-hydrogen) atoms. The molecule has 0 aliphatic heterocycles. The number of thiocarbonyl (C=S) groups is 1. The van der Waals surface area contributed by atoms with Crippen LogP contribution in [-0.4, -0.2) is 18.2 Å². The van der Waals surface area contributed by atoms with Crippen LogP contribution >= 0.6 is 23.6 Å². The van der Waals surface area contributed by atoms with Crippen LogP contribution in [-0.2, 0) is 16.6 Å². The third-order valence-electron chi connectivity index (χ3n) is 4.80. The fraction of sp³-hybridized carbons (Fsp3) is 0.455. The Hall–Kier alpha value is -1.92. The SMILES string of the molecule is CCc1c(C)sc(NC(=S)NC(C)c2ccc(C(C)(C)C)cc2)c1C(=O)OC. The maximum atomic E-state index is 12.2. The first-order valence-electron chi connectivity index (χ1n) is 9.47. The normalized spacial score (nSPS) is 12.4. The van der Waals surface area contributed by atoms with E-state index >= 15 is 0 Å². The summed E-state index contributed by atoms with van der Waals surface area (Å²) in [4.78, 5) is 13.3. The van der Waals surface area contributed by atoms with E-state index in [1.165, 1.54) is 24.0 Å². The van der Waals surface area contributed by atoms with Gasteiger partial charge < -0.3 is 15.4 Å². The molecule has 0 fully saturated rings. The summed E-state index contributed by atoms with van der Waals surface area (Å²) < 4.78 is 4.97. The number of benzene rings is 1. The van der Waals surface area contributed by atoms with Crippen LogP contribution in [0.25, 0.3) is 0 Å². The Labute approximate surface area is 177 Å². The highest BCUT2D eigenvalue weighted by Gasteiger charge is 2.22. The molecule has 6 heteroatoms. The Morgan fingerprint density at radius 1 is 1.25 bits per heavy atom. The summed E-state index contributed by atoms with van der Waals surface area (Å²) in [5, 5.41) is 7.72. The average molecular weight is 419 g/mol. The number of carbonyl (C=O) groups excluding carboxylic acids is 1. The van der Waals surface area contributed by atoms with Gasteiger partial charge in [-0.2, -0.15) is 0 Å². The number of methoxy groups -OCH3 is 1. The first-order chi connectivity index (χ1) is 13.1. The minimum Gasteiger partial charge on any atom is -0.465 e. The van der Waals surface area contributed by atoms with E-state index in [4.69, 9.17) is 17.0 Å². The lowest BCUT2D eigenvalue weighted by Crippen LogP contribution is -2.31. The number of esters is 1. The van der Waals surface area contributed by atoms with Crippen molar-refractivity contribution >= 4 is 39.6 Å². The highest BCUT2D eigenvalue weighted by Crippen LogP contribution is 2.34. The van der Waals surface area contributed by atoms with Crippen molar-refractivity contribution in [1.29, 1.82) is 0 Å². The van der Waals surface area contributed by atoms with Crippen LogP contribution in [0, 0.1) is 6.92 Å². The van der Waals surface area contributed by atoms with E-state index in [0.717, 1.165) is 27.4 Å². The molecule has 1 heterocycles. The summed E-state index contributed by atoms with van der Waals surface area (Å²) in [6.07, 6.45) is 0.769.